The molecule has 0 saturated carbocycles. The van der Waals surface area contributed by atoms with Crippen LogP contribution >= 0.6 is 23.4 Å². The number of nitrogens with one attached hydrogen (secondary N) is 1. The van der Waals surface area contributed by atoms with E-state index >= 15 is 0 Å². The highest BCUT2D eigenvalue weighted by Crippen LogP contribution is 2.44. The Hall–Kier alpha value is -1.24. The van der Waals surface area contributed by atoms with Crippen LogP contribution in [0.2, 0.25) is 5.02 Å². The number of carbonyl (C=O) groups is 2. The monoisotopic (exact) mass is 370 g/mol. The Balaban J connectivity index is 2.25. The molecule has 7 heteroatoms. The van der Waals surface area contributed by atoms with Gasteiger partial charge in [0, 0.05) is 35.9 Å². The zero-order chi connectivity index (χ0) is 17.7. The Morgan fingerprint density at radius 2 is 2.12 bits per heavy atom. The van der Waals surface area contributed by atoms with Crippen LogP contribution in [0.5, 0.6) is 0 Å². The van der Waals surface area contributed by atoms with E-state index in [-0.39, 0.29) is 23.1 Å². The molecule has 2 unspecified atom stereocenters. The molecule has 0 aliphatic carbocycles. The molecule has 1 heterocycles. The quantitative estimate of drug-likeness (QED) is 0.782. The average Bonchev–Trinajstić information content (AvgIpc) is 2.99. The molecule has 132 valence electrons. The first-order valence-electron chi connectivity index (χ1n) is 7.92. The summed E-state index contributed by atoms with van der Waals surface area (Å²) in [6, 6.07) is 6.97. The van der Waals surface area contributed by atoms with Crippen molar-refractivity contribution in [2.45, 2.75) is 25.3 Å². The van der Waals surface area contributed by atoms with Gasteiger partial charge in [-0.15, -0.1) is 11.8 Å². The molecule has 1 aliphatic rings. The molecule has 0 bridgehead atoms. The zero-order valence-electron chi connectivity index (χ0n) is 14.1. The first-order chi connectivity index (χ1) is 11.5. The van der Waals surface area contributed by atoms with Crippen LogP contribution in [0.25, 0.3) is 0 Å². The number of rotatable bonds is 6. The molecular weight excluding hydrogens is 348 g/mol. The molecule has 2 rings (SSSR count). The molecule has 1 saturated heterocycles. The number of hydrogen-bond donors (Lipinski definition) is 1. The minimum Gasteiger partial charge on any atom is -0.383 e. The molecule has 0 radical (unpaired) electrons. The van der Waals surface area contributed by atoms with Gasteiger partial charge in [-0.2, -0.15) is 0 Å². The maximum absolute atomic E-state index is 12.7. The fraction of sp³-hybridized carbons (Fsp3) is 0.529. The number of methoxy groups -OCH3 is 1. The fourth-order valence-electron chi connectivity index (χ4n) is 2.58. The molecule has 24 heavy (non-hydrogen) atoms. The van der Waals surface area contributed by atoms with Gasteiger partial charge in [0.25, 0.3) is 0 Å². The Morgan fingerprint density at radius 1 is 1.42 bits per heavy atom. The van der Waals surface area contributed by atoms with Gasteiger partial charge in [0.05, 0.1) is 6.61 Å². The second-order valence-corrected chi connectivity index (χ2v) is 7.43. The lowest BCUT2D eigenvalue weighted by Gasteiger charge is -2.31. The van der Waals surface area contributed by atoms with Gasteiger partial charge >= 0.3 is 0 Å². The lowest BCUT2D eigenvalue weighted by atomic mass is 10.1. The predicted molar refractivity (Wildman–Crippen MR) is 97.0 cm³/mol. The normalized spacial score (nSPS) is 20.5. The van der Waals surface area contributed by atoms with E-state index in [1.807, 2.05) is 38.1 Å². The maximum atomic E-state index is 12.7. The Morgan fingerprint density at radius 3 is 2.75 bits per heavy atom. The molecule has 0 spiro atoms. The summed E-state index contributed by atoms with van der Waals surface area (Å²) in [6.45, 7) is 4.55. The standard InChI is InChI=1S/C17H23ClN2O3S/c1-11(2)16(22)20-14(15(21)19-8-9-23-3)10-24-17(20)12-6-4-5-7-13(12)18/h4-7,11,14,17H,8-10H2,1-3H3,(H,19,21). The zero-order valence-corrected chi connectivity index (χ0v) is 15.7. The largest absolute Gasteiger partial charge is 0.383 e. The minimum absolute atomic E-state index is 0.0446. The van der Waals surface area contributed by atoms with Gasteiger partial charge in [-0.05, 0) is 6.07 Å². The number of thioether (sulfide) groups is 1. The molecule has 2 atom stereocenters. The van der Waals surface area contributed by atoms with Gasteiger partial charge in [-0.25, -0.2) is 0 Å². The van der Waals surface area contributed by atoms with Gasteiger partial charge in [-0.1, -0.05) is 43.6 Å². The molecule has 1 N–H and O–H groups in total. The van der Waals surface area contributed by atoms with Crippen molar-refractivity contribution in [2.24, 2.45) is 5.92 Å². The van der Waals surface area contributed by atoms with Crippen molar-refractivity contribution in [3.05, 3.63) is 34.9 Å². The Labute approximate surface area is 152 Å². The van der Waals surface area contributed by atoms with E-state index in [1.165, 1.54) is 0 Å². The van der Waals surface area contributed by atoms with Gasteiger partial charge in [0.1, 0.15) is 11.4 Å². The SMILES string of the molecule is COCCNC(=O)C1CSC(c2ccccc2Cl)N1C(=O)C(C)C. The number of carbonyl (C=O) groups excluding carboxylic acids is 2. The van der Waals surface area contributed by atoms with Crippen LogP contribution in [-0.2, 0) is 14.3 Å². The highest BCUT2D eigenvalue weighted by Gasteiger charge is 2.43. The Kier molecular flexibility index (Phi) is 6.95. The van der Waals surface area contributed by atoms with Crippen LogP contribution in [0.15, 0.2) is 24.3 Å². The van der Waals surface area contributed by atoms with Crippen LogP contribution in [0.4, 0.5) is 0 Å². The molecule has 1 aliphatic heterocycles. The number of hydrogen-bond acceptors (Lipinski definition) is 4. The van der Waals surface area contributed by atoms with Crippen molar-refractivity contribution in [1.82, 2.24) is 10.2 Å². The van der Waals surface area contributed by atoms with E-state index < -0.39 is 6.04 Å². The van der Waals surface area contributed by atoms with E-state index in [4.69, 9.17) is 16.3 Å². The van der Waals surface area contributed by atoms with Gasteiger partial charge in [0.15, 0.2) is 0 Å². The van der Waals surface area contributed by atoms with Crippen molar-refractivity contribution in [3.63, 3.8) is 0 Å². The average molecular weight is 371 g/mol. The van der Waals surface area contributed by atoms with E-state index in [0.717, 1.165) is 5.56 Å². The summed E-state index contributed by atoms with van der Waals surface area (Å²) in [5.41, 5.74) is 0.866. The van der Waals surface area contributed by atoms with Crippen LogP contribution < -0.4 is 5.32 Å². The summed E-state index contributed by atoms with van der Waals surface area (Å²) < 4.78 is 4.96. The van der Waals surface area contributed by atoms with Gasteiger partial charge in [-0.3, -0.25) is 9.59 Å². The third-order valence-electron chi connectivity index (χ3n) is 3.83. The molecule has 2 amide bonds. The van der Waals surface area contributed by atoms with Crippen molar-refractivity contribution >= 4 is 35.2 Å². The predicted octanol–water partition coefficient (Wildman–Crippen LogP) is 2.70. The molecule has 5 nitrogen and oxygen atoms in total. The molecule has 0 aromatic heterocycles. The van der Waals surface area contributed by atoms with Crippen molar-refractivity contribution in [3.8, 4) is 0 Å². The number of benzene rings is 1. The molecular formula is C17H23ClN2O3S. The highest BCUT2D eigenvalue weighted by atomic mass is 35.5. The second kappa shape index (κ2) is 8.74. The first-order valence-corrected chi connectivity index (χ1v) is 9.35. The highest BCUT2D eigenvalue weighted by molar-refractivity contribution is 7.99. The maximum Gasteiger partial charge on any atom is 0.243 e. The van der Waals surface area contributed by atoms with Crippen molar-refractivity contribution < 1.29 is 14.3 Å². The topological polar surface area (TPSA) is 58.6 Å². The first kappa shape index (κ1) is 19.1. The van der Waals surface area contributed by atoms with Crippen LogP contribution in [0.3, 0.4) is 0 Å². The van der Waals surface area contributed by atoms with Crippen molar-refractivity contribution in [1.29, 1.82) is 0 Å². The van der Waals surface area contributed by atoms with E-state index in [2.05, 4.69) is 5.32 Å². The number of amides is 2. The van der Waals surface area contributed by atoms with E-state index in [1.54, 1.807) is 23.8 Å². The van der Waals surface area contributed by atoms with Crippen LogP contribution in [0, 0.1) is 5.92 Å². The van der Waals surface area contributed by atoms with Crippen LogP contribution in [0.1, 0.15) is 24.8 Å². The molecule has 1 fully saturated rings. The smallest absolute Gasteiger partial charge is 0.243 e. The van der Waals surface area contributed by atoms with E-state index in [9.17, 15) is 9.59 Å². The summed E-state index contributed by atoms with van der Waals surface area (Å²) in [4.78, 5) is 26.9. The van der Waals surface area contributed by atoms with Crippen molar-refractivity contribution in [2.75, 3.05) is 26.0 Å². The number of halogens is 1. The minimum atomic E-state index is -0.497. The van der Waals surface area contributed by atoms with E-state index in [0.29, 0.717) is 23.9 Å². The fourth-order valence-corrected chi connectivity index (χ4v) is 4.36. The molecule has 1 aromatic carbocycles. The second-order valence-electron chi connectivity index (χ2n) is 5.91. The number of ether oxygens (including phenoxy) is 1. The summed E-state index contributed by atoms with van der Waals surface area (Å²) in [5, 5.41) is 3.20. The Bertz CT molecular complexity index is 597. The summed E-state index contributed by atoms with van der Waals surface area (Å²) in [6.07, 6.45) is 0. The summed E-state index contributed by atoms with van der Waals surface area (Å²) in [7, 11) is 1.58. The number of nitrogens with zero attached hydrogens (tertiary/aromatic N) is 1. The summed E-state index contributed by atoms with van der Waals surface area (Å²) >= 11 is 7.88. The third kappa shape index (κ3) is 4.23. The molecule has 1 aromatic rings. The van der Waals surface area contributed by atoms with Gasteiger partial charge in [0.2, 0.25) is 11.8 Å². The van der Waals surface area contributed by atoms with Gasteiger partial charge < -0.3 is 15.0 Å². The van der Waals surface area contributed by atoms with Crippen LogP contribution in [-0.4, -0.2) is 48.8 Å². The lowest BCUT2D eigenvalue weighted by Crippen LogP contribution is -2.49. The third-order valence-corrected chi connectivity index (χ3v) is 5.48. The summed E-state index contributed by atoms with van der Waals surface area (Å²) in [5.74, 6) is 0.163. The lowest BCUT2D eigenvalue weighted by molar-refractivity contribution is -0.142.